The molecule has 1 unspecified atom stereocenters. The topological polar surface area (TPSA) is 118 Å². The Labute approximate surface area is 403 Å². The highest BCUT2D eigenvalue weighted by Gasteiger charge is 2.23. The van der Waals surface area contributed by atoms with Crippen LogP contribution in [0.4, 0.5) is 4.79 Å². The van der Waals surface area contributed by atoms with Gasteiger partial charge in [0.15, 0.2) is 6.10 Å². The van der Waals surface area contributed by atoms with Crippen LogP contribution in [0.3, 0.4) is 0 Å². The third-order valence-corrected chi connectivity index (χ3v) is 11.9. The normalized spacial score (nSPS) is 13.6. The molecule has 1 rings (SSSR count). The molecule has 0 amide bonds. The summed E-state index contributed by atoms with van der Waals surface area (Å²) >= 11 is 0. The van der Waals surface area contributed by atoms with E-state index in [9.17, 15) is 19.2 Å². The lowest BCUT2D eigenvalue weighted by Crippen LogP contribution is -2.38. The zero-order valence-corrected chi connectivity index (χ0v) is 42.5. The van der Waals surface area contributed by atoms with E-state index in [1.54, 1.807) is 0 Å². The molecule has 0 bridgehead atoms. The van der Waals surface area contributed by atoms with E-state index in [1.165, 1.54) is 57.8 Å². The highest BCUT2D eigenvalue weighted by atomic mass is 16.7. The Hall–Kier alpha value is -3.40. The molecule has 0 radical (unpaired) electrons. The molecule has 0 spiro atoms. The Morgan fingerprint density at radius 2 is 0.894 bits per heavy atom. The van der Waals surface area contributed by atoms with Crippen LogP contribution in [-0.4, -0.2) is 80.6 Å². The van der Waals surface area contributed by atoms with Crippen molar-refractivity contribution in [3.05, 3.63) is 48.6 Å². The number of unbranched alkanes of at least 4 members (excludes halogenated alkanes) is 19. The summed E-state index contributed by atoms with van der Waals surface area (Å²) in [7, 11) is 0. The van der Waals surface area contributed by atoms with Crippen molar-refractivity contribution < 1.29 is 42.9 Å². The van der Waals surface area contributed by atoms with Crippen molar-refractivity contribution in [2.45, 2.75) is 245 Å². The summed E-state index contributed by atoms with van der Waals surface area (Å²) in [5.74, 6) is -1.25. The number of hydrogen-bond acceptors (Lipinski definition) is 10. The fourth-order valence-corrected chi connectivity index (χ4v) is 7.60. The first-order valence-electron chi connectivity index (χ1n) is 27.0. The van der Waals surface area contributed by atoms with Gasteiger partial charge < -0.3 is 28.6 Å². The van der Waals surface area contributed by atoms with E-state index < -0.39 is 24.3 Å². The summed E-state index contributed by atoms with van der Waals surface area (Å²) in [5.41, 5.74) is 0. The third kappa shape index (κ3) is 40.8. The second-order valence-electron chi connectivity index (χ2n) is 18.2. The molecule has 0 aromatic carbocycles. The quantitative estimate of drug-likeness (QED) is 0.0253. The maximum atomic E-state index is 13.2. The molecule has 1 saturated heterocycles. The molecule has 0 aromatic rings. The molecule has 10 heteroatoms. The zero-order valence-electron chi connectivity index (χ0n) is 42.5. The Bertz CT molecular complexity index is 1230. The standard InChI is InChI=1S/C56H97NO9/c1-4-7-10-13-15-17-19-21-23-25-27-29-31-33-36-41-53(58)63-49-52(50-64-54(59)42-37-34-32-30-28-26-24-22-20-18-16-14-11-8-5-2)65-55(60)44-43-51(40-35-12-9-6-3)66-56(61)62-48-39-47-57-45-38-46-57/h15-18,21-24,51-52H,4-14,19-20,25-50H2,1-3H3/b17-15-,18-16-,23-21-,24-22-. The molecule has 10 nitrogen and oxygen atoms in total. The average Bonchev–Trinajstić information content (AvgIpc) is 3.29. The number of likely N-dealkylation sites (tertiary alicyclic amines) is 1. The van der Waals surface area contributed by atoms with Gasteiger partial charge in [0.05, 0.1) is 6.61 Å². The van der Waals surface area contributed by atoms with E-state index in [0.717, 1.165) is 142 Å². The highest BCUT2D eigenvalue weighted by molar-refractivity contribution is 5.71. The smallest absolute Gasteiger partial charge is 0.462 e. The molecular weight excluding hydrogens is 831 g/mol. The second kappa shape index (κ2) is 46.7. The average molecular weight is 928 g/mol. The van der Waals surface area contributed by atoms with Gasteiger partial charge >= 0.3 is 24.1 Å². The molecule has 1 heterocycles. The molecular formula is C56H97NO9. The molecule has 1 aliphatic rings. The van der Waals surface area contributed by atoms with E-state index in [-0.39, 0.29) is 50.8 Å². The van der Waals surface area contributed by atoms with E-state index in [4.69, 9.17) is 23.7 Å². The number of rotatable bonds is 46. The van der Waals surface area contributed by atoms with Gasteiger partial charge in [-0.05, 0) is 122 Å². The molecule has 0 aliphatic carbocycles. The van der Waals surface area contributed by atoms with Crippen LogP contribution in [0.5, 0.6) is 0 Å². The molecule has 0 aromatic heterocycles. The SMILES string of the molecule is CCCCC/C=C\C/C=C\CCCCCCCC(=O)OCC(COC(=O)CCCCCCC/C=C\C/C=C\CCCCC)OC(=O)CCC(CCCCCC)OC(=O)OCCCN1CCC1. The Morgan fingerprint density at radius 1 is 0.439 bits per heavy atom. The number of carbonyl (C=O) groups excluding carboxylic acids is 4. The van der Waals surface area contributed by atoms with Crippen LogP contribution in [0.2, 0.25) is 0 Å². The minimum absolute atomic E-state index is 0.00297. The van der Waals surface area contributed by atoms with Crippen LogP contribution in [0, 0.1) is 0 Å². The van der Waals surface area contributed by atoms with Gasteiger partial charge in [-0.25, -0.2) is 4.79 Å². The van der Waals surface area contributed by atoms with E-state index in [1.807, 2.05) is 0 Å². The van der Waals surface area contributed by atoms with Gasteiger partial charge in [-0.1, -0.05) is 153 Å². The first kappa shape index (κ1) is 60.6. The van der Waals surface area contributed by atoms with Crippen molar-refractivity contribution in [1.29, 1.82) is 0 Å². The number of allylic oxidation sites excluding steroid dienone is 8. The van der Waals surface area contributed by atoms with Crippen molar-refractivity contribution in [2.24, 2.45) is 0 Å². The van der Waals surface area contributed by atoms with Crippen LogP contribution in [-0.2, 0) is 38.1 Å². The maximum Gasteiger partial charge on any atom is 0.508 e. The number of esters is 3. The fraction of sp³-hybridized carbons (Fsp3) is 0.786. The molecule has 66 heavy (non-hydrogen) atoms. The van der Waals surface area contributed by atoms with Gasteiger partial charge in [0.1, 0.15) is 19.3 Å². The summed E-state index contributed by atoms with van der Waals surface area (Å²) in [6.45, 7) is 9.61. The highest BCUT2D eigenvalue weighted by Crippen LogP contribution is 2.17. The molecule has 0 saturated carbocycles. The summed E-state index contributed by atoms with van der Waals surface area (Å²) in [4.78, 5) is 53.5. The predicted octanol–water partition coefficient (Wildman–Crippen LogP) is 15.0. The van der Waals surface area contributed by atoms with Gasteiger partial charge in [0, 0.05) is 25.8 Å². The Morgan fingerprint density at radius 3 is 1.38 bits per heavy atom. The molecule has 380 valence electrons. The van der Waals surface area contributed by atoms with Gasteiger partial charge in [-0.2, -0.15) is 0 Å². The minimum atomic E-state index is -0.931. The van der Waals surface area contributed by atoms with Crippen molar-refractivity contribution in [2.75, 3.05) is 39.5 Å². The molecule has 1 fully saturated rings. The summed E-state index contributed by atoms with van der Waals surface area (Å²) < 4.78 is 27.9. The van der Waals surface area contributed by atoms with Crippen molar-refractivity contribution >= 4 is 24.1 Å². The summed E-state index contributed by atoms with van der Waals surface area (Å²) in [6, 6.07) is 0. The summed E-state index contributed by atoms with van der Waals surface area (Å²) in [6.07, 6.45) is 47.6. The molecule has 1 aliphatic heterocycles. The number of hydrogen-bond donors (Lipinski definition) is 0. The summed E-state index contributed by atoms with van der Waals surface area (Å²) in [5, 5.41) is 0. The minimum Gasteiger partial charge on any atom is -0.462 e. The second-order valence-corrected chi connectivity index (χ2v) is 18.2. The van der Waals surface area contributed by atoms with E-state index in [0.29, 0.717) is 13.0 Å². The van der Waals surface area contributed by atoms with Gasteiger partial charge in [-0.3, -0.25) is 14.4 Å². The van der Waals surface area contributed by atoms with Crippen LogP contribution in [0.25, 0.3) is 0 Å². The maximum absolute atomic E-state index is 13.2. The molecule has 1 atom stereocenters. The largest absolute Gasteiger partial charge is 0.508 e. The lowest BCUT2D eigenvalue weighted by atomic mass is 10.1. The lowest BCUT2D eigenvalue weighted by Gasteiger charge is -2.30. The van der Waals surface area contributed by atoms with Crippen molar-refractivity contribution in [1.82, 2.24) is 4.90 Å². The van der Waals surface area contributed by atoms with E-state index >= 15 is 0 Å². The van der Waals surface area contributed by atoms with Crippen molar-refractivity contribution in [3.8, 4) is 0 Å². The van der Waals surface area contributed by atoms with Crippen LogP contribution in [0.1, 0.15) is 233 Å². The van der Waals surface area contributed by atoms with Crippen LogP contribution in [0.15, 0.2) is 48.6 Å². The lowest BCUT2D eigenvalue weighted by molar-refractivity contribution is -0.167. The Balaban J connectivity index is 2.53. The molecule has 0 N–H and O–H groups in total. The van der Waals surface area contributed by atoms with Gasteiger partial charge in [0.25, 0.3) is 0 Å². The van der Waals surface area contributed by atoms with Gasteiger partial charge in [-0.15, -0.1) is 0 Å². The number of carbonyl (C=O) groups is 4. The Kier molecular flexibility index (Phi) is 42.9. The van der Waals surface area contributed by atoms with Gasteiger partial charge in [0.2, 0.25) is 0 Å². The third-order valence-electron chi connectivity index (χ3n) is 11.9. The van der Waals surface area contributed by atoms with E-state index in [2.05, 4.69) is 74.3 Å². The van der Waals surface area contributed by atoms with Crippen LogP contribution < -0.4 is 0 Å². The number of nitrogens with zero attached hydrogens (tertiary/aromatic N) is 1. The first-order chi connectivity index (χ1) is 32.4. The number of ether oxygens (including phenoxy) is 5. The fourth-order valence-electron chi connectivity index (χ4n) is 7.60. The predicted molar refractivity (Wildman–Crippen MR) is 270 cm³/mol. The van der Waals surface area contributed by atoms with Crippen molar-refractivity contribution in [3.63, 3.8) is 0 Å². The van der Waals surface area contributed by atoms with Crippen LogP contribution >= 0.6 is 0 Å². The first-order valence-corrected chi connectivity index (χ1v) is 27.0. The zero-order chi connectivity index (χ0) is 47.8. The monoisotopic (exact) mass is 928 g/mol.